The lowest BCUT2D eigenvalue weighted by Gasteiger charge is -2.37. The number of nitrogens with zero attached hydrogens (tertiary/aromatic N) is 1. The maximum atomic E-state index is 13.4. The van der Waals surface area contributed by atoms with Crippen LogP contribution in [0.3, 0.4) is 0 Å². The van der Waals surface area contributed by atoms with E-state index in [1.165, 1.54) is 12.1 Å². The second kappa shape index (κ2) is 6.95. The predicted octanol–water partition coefficient (Wildman–Crippen LogP) is 1.86. The molecule has 1 aromatic carbocycles. The molecular weight excluding hydrogens is 278 g/mol. The van der Waals surface area contributed by atoms with Crippen LogP contribution in [0.4, 0.5) is 8.78 Å². The Morgan fingerprint density at radius 2 is 1.95 bits per heavy atom. The first-order chi connectivity index (χ1) is 10.0. The van der Waals surface area contributed by atoms with Crippen molar-refractivity contribution in [3.63, 3.8) is 0 Å². The zero-order valence-corrected chi connectivity index (χ0v) is 12.2. The maximum Gasteiger partial charge on any atom is 0.324 e. The average Bonchev–Trinajstić information content (AvgIpc) is 2.46. The summed E-state index contributed by atoms with van der Waals surface area (Å²) >= 11 is 0. The Balaban J connectivity index is 2.19. The average molecular weight is 298 g/mol. The van der Waals surface area contributed by atoms with Crippen molar-refractivity contribution >= 4 is 5.97 Å². The number of esters is 1. The quantitative estimate of drug-likeness (QED) is 0.862. The van der Waals surface area contributed by atoms with Crippen LogP contribution in [0.5, 0.6) is 0 Å². The van der Waals surface area contributed by atoms with Crippen molar-refractivity contribution in [1.82, 2.24) is 10.2 Å². The van der Waals surface area contributed by atoms with Crippen LogP contribution in [-0.2, 0) is 9.53 Å². The van der Waals surface area contributed by atoms with E-state index in [1.807, 2.05) is 6.92 Å². The Labute approximate surface area is 123 Å². The van der Waals surface area contributed by atoms with Gasteiger partial charge in [0.25, 0.3) is 0 Å². The van der Waals surface area contributed by atoms with Crippen LogP contribution < -0.4 is 5.32 Å². The van der Waals surface area contributed by atoms with Crippen molar-refractivity contribution in [1.29, 1.82) is 0 Å². The Hall–Kier alpha value is -1.53. The third-order valence-electron chi connectivity index (χ3n) is 3.59. The zero-order valence-electron chi connectivity index (χ0n) is 12.2. The number of benzene rings is 1. The fourth-order valence-corrected chi connectivity index (χ4v) is 2.56. The molecule has 2 atom stereocenters. The molecule has 1 aliphatic rings. The molecule has 0 amide bonds. The summed E-state index contributed by atoms with van der Waals surface area (Å²) in [5.41, 5.74) is 0.500. The molecule has 116 valence electrons. The van der Waals surface area contributed by atoms with Gasteiger partial charge in [-0.15, -0.1) is 0 Å². The number of rotatable bonds is 4. The molecule has 0 aliphatic carbocycles. The van der Waals surface area contributed by atoms with Crippen LogP contribution in [0.15, 0.2) is 18.2 Å². The number of hydrogen-bond acceptors (Lipinski definition) is 4. The standard InChI is InChI=1S/C15H20F2N2O2/c1-3-19-8-13(10-5-11(16)7-12(17)6-10)18-14(9-19)15(20)21-4-2/h5-7,13-14,18H,3-4,8-9H2,1-2H3/t13-,14+/m0/s1. The lowest BCUT2D eigenvalue weighted by molar-refractivity contribution is -0.147. The van der Waals surface area contributed by atoms with Crippen LogP contribution in [-0.4, -0.2) is 43.2 Å². The molecule has 1 aliphatic heterocycles. The van der Waals surface area contributed by atoms with Crippen molar-refractivity contribution in [3.8, 4) is 0 Å². The summed E-state index contributed by atoms with van der Waals surface area (Å²) in [6.07, 6.45) is 0. The lowest BCUT2D eigenvalue weighted by atomic mass is 10.0. The van der Waals surface area contributed by atoms with Gasteiger partial charge in [-0.25, -0.2) is 8.78 Å². The van der Waals surface area contributed by atoms with Gasteiger partial charge in [0, 0.05) is 25.2 Å². The first-order valence-electron chi connectivity index (χ1n) is 7.14. The molecule has 0 saturated carbocycles. The van der Waals surface area contributed by atoms with Gasteiger partial charge < -0.3 is 4.74 Å². The fraction of sp³-hybridized carbons (Fsp3) is 0.533. The number of likely N-dealkylation sites (N-methyl/N-ethyl adjacent to an activating group) is 1. The molecule has 0 aromatic heterocycles. The molecule has 0 spiro atoms. The van der Waals surface area contributed by atoms with Gasteiger partial charge in [0.15, 0.2) is 0 Å². The SMILES string of the molecule is CCOC(=O)[C@H]1CN(CC)C[C@@H](c2cc(F)cc(F)c2)N1. The molecular formula is C15H20F2N2O2. The Morgan fingerprint density at radius 1 is 1.29 bits per heavy atom. The molecule has 6 heteroatoms. The molecule has 1 N–H and O–H groups in total. The molecule has 0 radical (unpaired) electrons. The number of hydrogen-bond donors (Lipinski definition) is 1. The molecule has 1 saturated heterocycles. The number of ether oxygens (including phenoxy) is 1. The summed E-state index contributed by atoms with van der Waals surface area (Å²) in [5.74, 6) is -1.57. The highest BCUT2D eigenvalue weighted by atomic mass is 19.1. The van der Waals surface area contributed by atoms with Crippen molar-refractivity contribution in [2.75, 3.05) is 26.2 Å². The summed E-state index contributed by atoms with van der Waals surface area (Å²) < 4.78 is 31.8. The molecule has 0 unspecified atom stereocenters. The summed E-state index contributed by atoms with van der Waals surface area (Å²) in [7, 11) is 0. The normalized spacial score (nSPS) is 23.0. The minimum atomic E-state index is -0.617. The van der Waals surface area contributed by atoms with Crippen LogP contribution >= 0.6 is 0 Å². The first-order valence-corrected chi connectivity index (χ1v) is 7.14. The maximum absolute atomic E-state index is 13.4. The summed E-state index contributed by atoms with van der Waals surface area (Å²) in [4.78, 5) is 14.0. The summed E-state index contributed by atoms with van der Waals surface area (Å²) in [5, 5.41) is 3.12. The molecule has 0 bridgehead atoms. The fourth-order valence-electron chi connectivity index (χ4n) is 2.56. The van der Waals surface area contributed by atoms with Crippen LogP contribution in [0.1, 0.15) is 25.5 Å². The number of halogens is 2. The zero-order chi connectivity index (χ0) is 15.4. The second-order valence-electron chi connectivity index (χ2n) is 5.08. The van der Waals surface area contributed by atoms with E-state index < -0.39 is 17.7 Å². The van der Waals surface area contributed by atoms with E-state index in [9.17, 15) is 13.6 Å². The van der Waals surface area contributed by atoms with Crippen molar-refractivity contribution in [3.05, 3.63) is 35.4 Å². The topological polar surface area (TPSA) is 41.6 Å². The Morgan fingerprint density at radius 3 is 2.52 bits per heavy atom. The smallest absolute Gasteiger partial charge is 0.324 e. The minimum Gasteiger partial charge on any atom is -0.465 e. The largest absolute Gasteiger partial charge is 0.465 e. The third-order valence-corrected chi connectivity index (χ3v) is 3.59. The Bertz CT molecular complexity index is 490. The van der Waals surface area contributed by atoms with Gasteiger partial charge in [0.05, 0.1) is 6.61 Å². The molecule has 4 nitrogen and oxygen atoms in total. The van der Waals surface area contributed by atoms with Gasteiger partial charge >= 0.3 is 5.97 Å². The van der Waals surface area contributed by atoms with Crippen molar-refractivity contribution < 1.29 is 18.3 Å². The minimum absolute atomic E-state index is 0.307. The Kier molecular flexibility index (Phi) is 5.25. The summed E-state index contributed by atoms with van der Waals surface area (Å²) in [6, 6.07) is 2.63. The lowest BCUT2D eigenvalue weighted by Crippen LogP contribution is -2.55. The summed E-state index contributed by atoms with van der Waals surface area (Å²) in [6.45, 7) is 5.92. The van der Waals surface area contributed by atoms with Crippen molar-refractivity contribution in [2.24, 2.45) is 0 Å². The van der Waals surface area contributed by atoms with E-state index in [-0.39, 0.29) is 12.0 Å². The highest BCUT2D eigenvalue weighted by molar-refractivity contribution is 5.76. The molecule has 1 fully saturated rings. The third kappa shape index (κ3) is 3.98. The van der Waals surface area contributed by atoms with Crippen LogP contribution in [0.25, 0.3) is 0 Å². The number of piperazine rings is 1. The van der Waals surface area contributed by atoms with Gasteiger partial charge in [0.2, 0.25) is 0 Å². The van der Waals surface area contributed by atoms with E-state index >= 15 is 0 Å². The van der Waals surface area contributed by atoms with Crippen molar-refractivity contribution in [2.45, 2.75) is 25.9 Å². The monoisotopic (exact) mass is 298 g/mol. The van der Waals surface area contributed by atoms with E-state index in [0.29, 0.717) is 25.3 Å². The van der Waals surface area contributed by atoms with Gasteiger partial charge in [-0.1, -0.05) is 6.92 Å². The highest BCUT2D eigenvalue weighted by Crippen LogP contribution is 2.22. The van der Waals surface area contributed by atoms with Gasteiger partial charge in [-0.3, -0.25) is 15.0 Å². The van der Waals surface area contributed by atoms with Gasteiger partial charge in [-0.05, 0) is 31.2 Å². The van der Waals surface area contributed by atoms with E-state index in [0.717, 1.165) is 12.6 Å². The van der Waals surface area contributed by atoms with Crippen LogP contribution in [0.2, 0.25) is 0 Å². The van der Waals surface area contributed by atoms with Gasteiger partial charge in [-0.2, -0.15) is 0 Å². The highest BCUT2D eigenvalue weighted by Gasteiger charge is 2.32. The second-order valence-corrected chi connectivity index (χ2v) is 5.08. The molecule has 1 aromatic rings. The molecule has 2 rings (SSSR count). The first kappa shape index (κ1) is 15.9. The van der Waals surface area contributed by atoms with Gasteiger partial charge in [0.1, 0.15) is 17.7 Å². The number of nitrogens with one attached hydrogen (secondary N) is 1. The van der Waals surface area contributed by atoms with E-state index in [2.05, 4.69) is 10.2 Å². The number of carbonyl (C=O) groups excluding carboxylic acids is 1. The van der Waals surface area contributed by atoms with E-state index in [4.69, 9.17) is 4.74 Å². The molecule has 1 heterocycles. The number of carbonyl (C=O) groups is 1. The van der Waals surface area contributed by atoms with Crippen LogP contribution in [0, 0.1) is 11.6 Å². The van der Waals surface area contributed by atoms with E-state index in [1.54, 1.807) is 6.92 Å². The predicted molar refractivity (Wildman–Crippen MR) is 74.8 cm³/mol. The molecule has 21 heavy (non-hydrogen) atoms.